The van der Waals surface area contributed by atoms with Crippen molar-refractivity contribution in [1.29, 1.82) is 0 Å². The topological polar surface area (TPSA) is 82.8 Å². The molecule has 0 unspecified atom stereocenters. The Morgan fingerprint density at radius 1 is 1.06 bits per heavy atom. The molecule has 1 aromatic heterocycles. The summed E-state index contributed by atoms with van der Waals surface area (Å²) in [6, 6.07) is 13.3. The smallest absolute Gasteiger partial charge is 0.244 e. The molecule has 1 N–H and O–H groups in total. The number of amides is 1. The Hall–Kier alpha value is -3.74. The summed E-state index contributed by atoms with van der Waals surface area (Å²) in [6.07, 6.45) is 3.99. The third kappa shape index (κ3) is 6.14. The second kappa shape index (κ2) is 11.0. The van der Waals surface area contributed by atoms with Gasteiger partial charge in [0.25, 0.3) is 0 Å². The zero-order chi connectivity index (χ0) is 22.9. The summed E-state index contributed by atoms with van der Waals surface area (Å²) in [5.74, 6) is 2.58. The Balaban J connectivity index is 1.52. The highest BCUT2D eigenvalue weighted by Crippen LogP contribution is 2.30. The van der Waals surface area contributed by atoms with Crippen LogP contribution < -0.4 is 19.5 Å². The zero-order valence-corrected chi connectivity index (χ0v) is 18.8. The minimum Gasteiger partial charge on any atom is -0.497 e. The van der Waals surface area contributed by atoms with Gasteiger partial charge in [-0.3, -0.25) is 4.79 Å². The maximum absolute atomic E-state index is 12.1. The Morgan fingerprint density at radius 2 is 1.84 bits per heavy atom. The van der Waals surface area contributed by atoms with Crippen molar-refractivity contribution in [2.45, 2.75) is 26.9 Å². The molecular formula is C25H28N2O5. The standard InChI is InChI=1S/C25H28N2O5/c1-17-22(18(2)32-27-17)16-31-23-11-7-20(15-24(23)30-4)8-12-25(28)26-14-13-19-5-9-21(29-3)10-6-19/h5-12,15H,13-14,16H2,1-4H3,(H,26,28)/b12-8+. The molecular weight excluding hydrogens is 408 g/mol. The molecule has 7 nitrogen and oxygen atoms in total. The van der Waals surface area contributed by atoms with Crippen molar-refractivity contribution < 1.29 is 23.5 Å². The van der Waals surface area contributed by atoms with E-state index in [0.29, 0.717) is 24.7 Å². The summed E-state index contributed by atoms with van der Waals surface area (Å²) in [6.45, 7) is 4.62. The van der Waals surface area contributed by atoms with Crippen LogP contribution in [0, 0.1) is 13.8 Å². The highest BCUT2D eigenvalue weighted by atomic mass is 16.5. The summed E-state index contributed by atoms with van der Waals surface area (Å²) < 4.78 is 21.6. The molecule has 0 fully saturated rings. The van der Waals surface area contributed by atoms with Gasteiger partial charge >= 0.3 is 0 Å². The van der Waals surface area contributed by atoms with E-state index in [-0.39, 0.29) is 5.91 Å². The summed E-state index contributed by atoms with van der Waals surface area (Å²) in [5.41, 5.74) is 3.69. The number of nitrogens with zero attached hydrogens (tertiary/aromatic N) is 1. The van der Waals surface area contributed by atoms with Gasteiger partial charge in [-0.15, -0.1) is 0 Å². The van der Waals surface area contributed by atoms with Crippen molar-refractivity contribution in [2.24, 2.45) is 0 Å². The number of ether oxygens (including phenoxy) is 3. The fourth-order valence-corrected chi connectivity index (χ4v) is 3.12. The Kier molecular flexibility index (Phi) is 7.91. The van der Waals surface area contributed by atoms with Crippen LogP contribution in [0.1, 0.15) is 28.1 Å². The lowest BCUT2D eigenvalue weighted by Gasteiger charge is -2.11. The number of aromatic nitrogens is 1. The molecule has 0 atom stereocenters. The fourth-order valence-electron chi connectivity index (χ4n) is 3.12. The van der Waals surface area contributed by atoms with Gasteiger partial charge in [0, 0.05) is 12.6 Å². The number of rotatable bonds is 10. The van der Waals surface area contributed by atoms with Crippen molar-refractivity contribution in [3.8, 4) is 17.2 Å². The van der Waals surface area contributed by atoms with Gasteiger partial charge in [-0.1, -0.05) is 23.4 Å². The average molecular weight is 437 g/mol. The van der Waals surface area contributed by atoms with Crippen molar-refractivity contribution in [3.05, 3.63) is 76.7 Å². The molecule has 1 amide bonds. The van der Waals surface area contributed by atoms with E-state index in [1.807, 2.05) is 56.3 Å². The third-order valence-corrected chi connectivity index (χ3v) is 5.04. The van der Waals surface area contributed by atoms with Gasteiger partial charge in [-0.05, 0) is 61.7 Å². The van der Waals surface area contributed by atoms with Crippen LogP contribution in [0.3, 0.4) is 0 Å². The van der Waals surface area contributed by atoms with Crippen LogP contribution in [0.25, 0.3) is 6.08 Å². The lowest BCUT2D eigenvalue weighted by molar-refractivity contribution is -0.116. The van der Waals surface area contributed by atoms with Gasteiger partial charge in [0.1, 0.15) is 18.1 Å². The van der Waals surface area contributed by atoms with E-state index in [4.69, 9.17) is 18.7 Å². The molecule has 3 rings (SSSR count). The van der Waals surface area contributed by atoms with Crippen molar-refractivity contribution in [2.75, 3.05) is 20.8 Å². The second-order valence-corrected chi connectivity index (χ2v) is 7.22. The minimum absolute atomic E-state index is 0.156. The first-order valence-electron chi connectivity index (χ1n) is 10.3. The third-order valence-electron chi connectivity index (χ3n) is 5.04. The summed E-state index contributed by atoms with van der Waals surface area (Å²) in [4.78, 5) is 12.1. The average Bonchev–Trinajstić information content (AvgIpc) is 3.14. The monoisotopic (exact) mass is 436 g/mol. The van der Waals surface area contributed by atoms with Crippen molar-refractivity contribution in [3.63, 3.8) is 0 Å². The van der Waals surface area contributed by atoms with Crippen molar-refractivity contribution in [1.82, 2.24) is 10.5 Å². The Labute approximate surface area is 188 Å². The number of carbonyl (C=O) groups excluding carboxylic acids is 1. The number of carbonyl (C=O) groups is 1. The molecule has 0 aliphatic carbocycles. The number of nitrogens with one attached hydrogen (secondary N) is 1. The largest absolute Gasteiger partial charge is 0.497 e. The number of hydrogen-bond donors (Lipinski definition) is 1. The van der Waals surface area contributed by atoms with Crippen LogP contribution in [0.5, 0.6) is 17.2 Å². The van der Waals surface area contributed by atoms with E-state index < -0.39 is 0 Å². The number of methoxy groups -OCH3 is 2. The summed E-state index contributed by atoms with van der Waals surface area (Å²) in [7, 11) is 3.22. The Bertz CT molecular complexity index is 1050. The molecule has 0 spiro atoms. The molecule has 1 heterocycles. The highest BCUT2D eigenvalue weighted by Gasteiger charge is 2.12. The zero-order valence-electron chi connectivity index (χ0n) is 18.8. The van der Waals surface area contributed by atoms with Crippen LogP contribution in [0.4, 0.5) is 0 Å². The van der Waals surface area contributed by atoms with Gasteiger partial charge in [0.15, 0.2) is 11.5 Å². The molecule has 7 heteroatoms. The van der Waals surface area contributed by atoms with Crippen LogP contribution in [0.2, 0.25) is 0 Å². The maximum atomic E-state index is 12.1. The predicted molar refractivity (Wildman–Crippen MR) is 122 cm³/mol. The van der Waals surface area contributed by atoms with E-state index in [1.54, 1.807) is 20.3 Å². The maximum Gasteiger partial charge on any atom is 0.244 e. The van der Waals surface area contributed by atoms with Gasteiger partial charge in [-0.2, -0.15) is 0 Å². The minimum atomic E-state index is -0.156. The molecule has 168 valence electrons. The lowest BCUT2D eigenvalue weighted by atomic mass is 10.1. The first kappa shape index (κ1) is 22.9. The van der Waals surface area contributed by atoms with Gasteiger partial charge in [0.05, 0.1) is 25.5 Å². The highest BCUT2D eigenvalue weighted by molar-refractivity contribution is 5.91. The van der Waals surface area contributed by atoms with Gasteiger partial charge < -0.3 is 24.1 Å². The second-order valence-electron chi connectivity index (χ2n) is 7.22. The number of aryl methyl sites for hydroxylation is 2. The van der Waals surface area contributed by atoms with E-state index in [0.717, 1.165) is 40.3 Å². The number of benzene rings is 2. The molecule has 0 radical (unpaired) electrons. The van der Waals surface area contributed by atoms with Crippen LogP contribution in [-0.2, 0) is 17.8 Å². The van der Waals surface area contributed by atoms with E-state index in [1.165, 1.54) is 6.08 Å². The van der Waals surface area contributed by atoms with Crippen LogP contribution in [-0.4, -0.2) is 31.8 Å². The molecule has 32 heavy (non-hydrogen) atoms. The predicted octanol–water partition coefficient (Wildman–Crippen LogP) is 4.26. The summed E-state index contributed by atoms with van der Waals surface area (Å²) in [5, 5.41) is 6.82. The summed E-state index contributed by atoms with van der Waals surface area (Å²) >= 11 is 0. The number of hydrogen-bond acceptors (Lipinski definition) is 6. The molecule has 3 aromatic rings. The van der Waals surface area contributed by atoms with Crippen LogP contribution >= 0.6 is 0 Å². The molecule has 0 saturated carbocycles. The first-order chi connectivity index (χ1) is 15.5. The molecule has 0 aliphatic rings. The Morgan fingerprint density at radius 3 is 2.50 bits per heavy atom. The van der Waals surface area contributed by atoms with E-state index in [9.17, 15) is 4.79 Å². The quantitative estimate of drug-likeness (QED) is 0.478. The first-order valence-corrected chi connectivity index (χ1v) is 10.3. The van der Waals surface area contributed by atoms with Gasteiger partial charge in [0.2, 0.25) is 5.91 Å². The SMILES string of the molecule is COc1ccc(CCNC(=O)/C=C/c2ccc(OCc3c(C)noc3C)c(OC)c2)cc1. The fraction of sp³-hybridized carbons (Fsp3) is 0.280. The molecule has 0 saturated heterocycles. The van der Waals surface area contributed by atoms with E-state index >= 15 is 0 Å². The van der Waals surface area contributed by atoms with E-state index in [2.05, 4.69) is 10.5 Å². The van der Waals surface area contributed by atoms with Crippen molar-refractivity contribution >= 4 is 12.0 Å². The molecule has 0 aliphatic heterocycles. The normalized spacial score (nSPS) is 10.9. The van der Waals surface area contributed by atoms with Crippen LogP contribution in [0.15, 0.2) is 53.1 Å². The van der Waals surface area contributed by atoms with Gasteiger partial charge in [-0.25, -0.2) is 0 Å². The lowest BCUT2D eigenvalue weighted by Crippen LogP contribution is -2.23. The molecule has 2 aromatic carbocycles. The molecule has 0 bridgehead atoms.